The van der Waals surface area contributed by atoms with Gasteiger partial charge in [-0.25, -0.2) is 0 Å². The molecule has 0 fully saturated rings. The van der Waals surface area contributed by atoms with Crippen molar-refractivity contribution in [3.8, 4) is 89.0 Å². The Morgan fingerprint density at radius 1 is 0.188 bits per heavy atom. The summed E-state index contributed by atoms with van der Waals surface area (Å²) < 4.78 is 0. The molecule has 0 amide bonds. The molecule has 11 rings (SSSR count). The maximum absolute atomic E-state index is 6.27. The van der Waals surface area contributed by atoms with Crippen LogP contribution >= 0.6 is 0 Å². The third-order valence-corrected chi connectivity index (χ3v) is 12.5. The molecule has 0 heterocycles. The Kier molecular flexibility index (Phi) is 9.88. The van der Waals surface area contributed by atoms with Gasteiger partial charge in [0, 0.05) is 11.4 Å². The summed E-state index contributed by atoms with van der Waals surface area (Å²) in [4.78, 5) is 0. The van der Waals surface area contributed by atoms with E-state index in [1.54, 1.807) is 0 Å². The lowest BCUT2D eigenvalue weighted by Gasteiger charge is -2.23. The van der Waals surface area contributed by atoms with Gasteiger partial charge in [-0.1, -0.05) is 194 Å². The highest BCUT2D eigenvalue weighted by molar-refractivity contribution is 6.22. The Morgan fingerprint density at radius 2 is 0.422 bits per heavy atom. The number of benzene rings is 11. The number of hydrogen-bond donors (Lipinski definition) is 2. The van der Waals surface area contributed by atoms with E-state index in [0.717, 1.165) is 78.1 Å². The quantitative estimate of drug-likeness (QED) is 0.119. The minimum atomic E-state index is 0.743. The molecule has 302 valence electrons. The maximum Gasteiger partial charge on any atom is 0.0314 e. The van der Waals surface area contributed by atoms with Crippen LogP contribution in [0.3, 0.4) is 0 Å². The van der Waals surface area contributed by atoms with Crippen molar-refractivity contribution in [2.45, 2.75) is 0 Å². The van der Waals surface area contributed by atoms with Crippen LogP contribution in [0.15, 0.2) is 243 Å². The van der Waals surface area contributed by atoms with Crippen molar-refractivity contribution in [2.24, 2.45) is 0 Å². The molecule has 0 radical (unpaired) electrons. The summed E-state index contributed by atoms with van der Waals surface area (Å²) in [5.41, 5.74) is 32.6. The molecule has 0 atom stereocenters. The van der Waals surface area contributed by atoms with Gasteiger partial charge in [0.2, 0.25) is 0 Å². The first-order chi connectivity index (χ1) is 31.6. The average Bonchev–Trinajstić information content (AvgIpc) is 3.36. The third-order valence-electron chi connectivity index (χ3n) is 12.5. The van der Waals surface area contributed by atoms with Crippen molar-refractivity contribution in [1.29, 1.82) is 0 Å². The summed E-state index contributed by atoms with van der Waals surface area (Å²) in [7, 11) is 0. The zero-order valence-corrected chi connectivity index (χ0v) is 35.2. The lowest BCUT2D eigenvalue weighted by molar-refractivity contribution is 1.55. The number of anilines is 2. The summed E-state index contributed by atoms with van der Waals surface area (Å²) in [5, 5.41) is 4.78. The van der Waals surface area contributed by atoms with Gasteiger partial charge in [0.25, 0.3) is 0 Å². The van der Waals surface area contributed by atoms with Gasteiger partial charge in [-0.2, -0.15) is 0 Å². The largest absolute Gasteiger partial charge is 0.399 e. The summed E-state index contributed by atoms with van der Waals surface area (Å²) in [5.74, 6) is 0. The second kappa shape index (κ2) is 16.4. The van der Waals surface area contributed by atoms with E-state index in [9.17, 15) is 0 Å². The van der Waals surface area contributed by atoms with Gasteiger partial charge < -0.3 is 11.5 Å². The molecule has 2 heteroatoms. The lowest BCUT2D eigenvalue weighted by Crippen LogP contribution is -1.97. The first-order valence-corrected chi connectivity index (χ1v) is 21.8. The fraction of sp³-hybridized carbons (Fsp3) is 0. The zero-order chi connectivity index (χ0) is 43.0. The molecule has 11 aromatic carbocycles. The smallest absolute Gasteiger partial charge is 0.0314 e. The van der Waals surface area contributed by atoms with Gasteiger partial charge in [-0.3, -0.25) is 0 Å². The Balaban J connectivity index is 1.24. The Labute approximate surface area is 374 Å². The number of nitrogen functional groups attached to an aromatic ring is 2. The summed E-state index contributed by atoms with van der Waals surface area (Å²) in [6.07, 6.45) is 0. The number of hydrogen-bond acceptors (Lipinski definition) is 2. The topological polar surface area (TPSA) is 52.0 Å². The van der Waals surface area contributed by atoms with Crippen LogP contribution in [0, 0.1) is 0 Å². The van der Waals surface area contributed by atoms with E-state index in [1.807, 2.05) is 24.3 Å². The monoisotopic (exact) mass is 816 g/mol. The second-order valence-electron chi connectivity index (χ2n) is 16.4. The Morgan fingerprint density at radius 3 is 0.672 bits per heavy atom. The van der Waals surface area contributed by atoms with Crippen LogP contribution in [-0.2, 0) is 0 Å². The minimum absolute atomic E-state index is 0.743. The van der Waals surface area contributed by atoms with E-state index >= 15 is 0 Å². The van der Waals surface area contributed by atoms with Crippen molar-refractivity contribution in [1.82, 2.24) is 0 Å². The van der Waals surface area contributed by atoms with Gasteiger partial charge in [0.15, 0.2) is 0 Å². The normalized spacial score (nSPS) is 11.2. The SMILES string of the molecule is Nc1ccc(-c2c(-c3ccccc3)cc(-c3c4ccccc4c(-c4cc(-c5ccccc5)c(-c5ccc(N)cc5)c(-c5ccccc5)c4)c4ccccc34)cc2-c2ccccc2)cc1. The highest BCUT2D eigenvalue weighted by atomic mass is 14.5. The number of fused-ring (bicyclic) bond motifs is 2. The van der Waals surface area contributed by atoms with Crippen molar-refractivity contribution in [2.75, 3.05) is 11.5 Å². The van der Waals surface area contributed by atoms with Crippen LogP contribution in [-0.4, -0.2) is 0 Å². The fourth-order valence-corrected chi connectivity index (χ4v) is 9.63. The fourth-order valence-electron chi connectivity index (χ4n) is 9.63. The Hall–Kier alpha value is -8.46. The van der Waals surface area contributed by atoms with Gasteiger partial charge in [-0.15, -0.1) is 0 Å². The van der Waals surface area contributed by atoms with E-state index in [4.69, 9.17) is 11.5 Å². The molecular weight excluding hydrogens is 773 g/mol. The van der Waals surface area contributed by atoms with E-state index in [1.165, 1.54) is 43.8 Å². The molecule has 0 aliphatic rings. The van der Waals surface area contributed by atoms with Crippen LogP contribution < -0.4 is 11.5 Å². The van der Waals surface area contributed by atoms with Crippen molar-refractivity contribution < 1.29 is 0 Å². The first kappa shape index (κ1) is 38.5. The van der Waals surface area contributed by atoms with Crippen molar-refractivity contribution in [3.05, 3.63) is 243 Å². The summed E-state index contributed by atoms with van der Waals surface area (Å²) >= 11 is 0. The molecule has 0 saturated carbocycles. The number of rotatable bonds is 8. The molecule has 0 aromatic heterocycles. The predicted octanol–water partition coefficient (Wildman–Crippen LogP) is 16.5. The van der Waals surface area contributed by atoms with E-state index < -0.39 is 0 Å². The van der Waals surface area contributed by atoms with Crippen LogP contribution in [0.5, 0.6) is 0 Å². The lowest BCUT2D eigenvalue weighted by atomic mass is 9.80. The van der Waals surface area contributed by atoms with Crippen LogP contribution in [0.1, 0.15) is 0 Å². The molecule has 64 heavy (non-hydrogen) atoms. The van der Waals surface area contributed by atoms with Crippen molar-refractivity contribution in [3.63, 3.8) is 0 Å². The van der Waals surface area contributed by atoms with Gasteiger partial charge >= 0.3 is 0 Å². The van der Waals surface area contributed by atoms with Gasteiger partial charge in [0.1, 0.15) is 0 Å². The number of nitrogens with two attached hydrogens (primary N) is 2. The summed E-state index contributed by atoms with van der Waals surface area (Å²) in [6, 6.07) is 87.3. The van der Waals surface area contributed by atoms with E-state index in [0.29, 0.717) is 0 Å². The van der Waals surface area contributed by atoms with Crippen LogP contribution in [0.2, 0.25) is 0 Å². The van der Waals surface area contributed by atoms with Gasteiger partial charge in [-0.05, 0) is 159 Å². The second-order valence-corrected chi connectivity index (χ2v) is 16.4. The molecule has 2 nitrogen and oxygen atoms in total. The standard InChI is InChI=1S/C62H44N2/c63-49-33-29-45(30-34-49)59-55(41-17-5-1-6-18-41)37-47(38-56(59)42-19-7-2-8-20-42)61-51-25-13-15-27-53(51)62(54-28-16-14-26-52(54)61)48-39-57(43-21-9-3-10-22-43)60(46-31-35-50(64)36-32-46)58(40-48)44-23-11-4-12-24-44/h1-40H,63-64H2. The molecule has 4 N–H and O–H groups in total. The molecule has 0 saturated heterocycles. The predicted molar refractivity (Wildman–Crippen MR) is 274 cm³/mol. The first-order valence-electron chi connectivity index (χ1n) is 21.8. The maximum atomic E-state index is 6.27. The molecule has 0 aliphatic heterocycles. The minimum Gasteiger partial charge on any atom is -0.399 e. The van der Waals surface area contributed by atoms with Gasteiger partial charge in [0.05, 0.1) is 0 Å². The van der Waals surface area contributed by atoms with E-state index in [-0.39, 0.29) is 0 Å². The highest BCUT2D eigenvalue weighted by Crippen LogP contribution is 2.50. The zero-order valence-electron chi connectivity index (χ0n) is 35.2. The molecule has 0 bridgehead atoms. The van der Waals surface area contributed by atoms with Crippen LogP contribution in [0.4, 0.5) is 11.4 Å². The summed E-state index contributed by atoms with van der Waals surface area (Å²) in [6.45, 7) is 0. The average molecular weight is 817 g/mol. The third kappa shape index (κ3) is 6.98. The van der Waals surface area contributed by atoms with Crippen molar-refractivity contribution >= 4 is 32.9 Å². The van der Waals surface area contributed by atoms with E-state index in [2.05, 4.69) is 218 Å². The highest BCUT2D eigenvalue weighted by Gasteiger charge is 2.24. The molecule has 11 aromatic rings. The molecular formula is C62H44N2. The Bertz CT molecular complexity index is 3040. The molecule has 0 spiro atoms. The van der Waals surface area contributed by atoms with Crippen LogP contribution in [0.25, 0.3) is 111 Å². The molecule has 0 unspecified atom stereocenters. The molecule has 0 aliphatic carbocycles.